The summed E-state index contributed by atoms with van der Waals surface area (Å²) in [5, 5.41) is 2.76. The second-order valence-corrected chi connectivity index (χ2v) is 8.35. The average molecular weight is 329 g/mol. The molecule has 1 aromatic heterocycles. The molecule has 0 aliphatic rings. The van der Waals surface area contributed by atoms with E-state index in [4.69, 9.17) is 0 Å². The summed E-state index contributed by atoms with van der Waals surface area (Å²) in [5.74, 6) is 0. The highest BCUT2D eigenvalue weighted by molar-refractivity contribution is 7.25. The number of benzene rings is 2. The number of hydrogen-bond acceptors (Lipinski definition) is 1. The van der Waals surface area contributed by atoms with Crippen molar-refractivity contribution in [2.45, 2.75) is 39.7 Å². The SMILES string of the molecule is CCC(C)(C)[N+](C)(C)CC.c1ccc2c(c1)sc1ccccc12. The van der Waals surface area contributed by atoms with Crippen LogP contribution in [-0.2, 0) is 0 Å². The first-order valence-electron chi connectivity index (χ1n) is 8.51. The van der Waals surface area contributed by atoms with E-state index >= 15 is 0 Å². The van der Waals surface area contributed by atoms with E-state index in [0.717, 1.165) is 4.48 Å². The molecule has 3 aromatic rings. The molecule has 3 rings (SSSR count). The van der Waals surface area contributed by atoms with Crippen LogP contribution >= 0.6 is 11.3 Å². The van der Waals surface area contributed by atoms with Crippen molar-refractivity contribution < 1.29 is 4.48 Å². The van der Waals surface area contributed by atoms with Crippen LogP contribution in [0.3, 0.4) is 0 Å². The molecule has 0 aliphatic carbocycles. The van der Waals surface area contributed by atoms with E-state index in [-0.39, 0.29) is 0 Å². The Morgan fingerprint density at radius 2 is 1.26 bits per heavy atom. The molecule has 0 N–H and O–H groups in total. The Hall–Kier alpha value is -1.38. The van der Waals surface area contributed by atoms with Crippen molar-refractivity contribution in [2.75, 3.05) is 20.6 Å². The summed E-state index contributed by atoms with van der Waals surface area (Å²) in [6.07, 6.45) is 1.24. The van der Waals surface area contributed by atoms with Gasteiger partial charge in [-0.1, -0.05) is 43.3 Å². The third-order valence-corrected chi connectivity index (χ3v) is 6.73. The predicted octanol–water partition coefficient (Wildman–Crippen LogP) is 6.33. The van der Waals surface area contributed by atoms with Gasteiger partial charge in [0.05, 0.1) is 26.2 Å². The molecule has 0 aliphatic heterocycles. The molecule has 124 valence electrons. The molecule has 0 spiro atoms. The Morgan fingerprint density at radius 1 is 0.826 bits per heavy atom. The molecule has 0 bridgehead atoms. The number of rotatable bonds is 3. The van der Waals surface area contributed by atoms with Gasteiger partial charge in [0.1, 0.15) is 0 Å². The van der Waals surface area contributed by atoms with Gasteiger partial charge in [0.25, 0.3) is 0 Å². The van der Waals surface area contributed by atoms with E-state index in [1.807, 2.05) is 11.3 Å². The van der Waals surface area contributed by atoms with E-state index in [2.05, 4.69) is 90.3 Å². The zero-order valence-electron chi connectivity index (χ0n) is 15.4. The van der Waals surface area contributed by atoms with Crippen LogP contribution in [0.2, 0.25) is 0 Å². The first-order valence-corrected chi connectivity index (χ1v) is 9.33. The fourth-order valence-corrected chi connectivity index (χ4v) is 3.64. The van der Waals surface area contributed by atoms with E-state index < -0.39 is 0 Å². The summed E-state index contributed by atoms with van der Waals surface area (Å²) in [5.41, 5.74) is 0.425. The first-order chi connectivity index (χ1) is 10.8. The molecule has 0 saturated heterocycles. The summed E-state index contributed by atoms with van der Waals surface area (Å²) in [7, 11) is 4.59. The lowest BCUT2D eigenvalue weighted by atomic mass is 9.97. The molecule has 0 fully saturated rings. The van der Waals surface area contributed by atoms with Gasteiger partial charge in [-0.15, -0.1) is 11.3 Å². The average Bonchev–Trinajstić information content (AvgIpc) is 2.94. The van der Waals surface area contributed by atoms with Crippen LogP contribution in [0.5, 0.6) is 0 Å². The first kappa shape index (κ1) is 18.0. The molecule has 0 saturated carbocycles. The summed E-state index contributed by atoms with van der Waals surface area (Å²) < 4.78 is 3.87. The minimum atomic E-state index is 0.425. The van der Waals surface area contributed by atoms with Crippen molar-refractivity contribution in [3.05, 3.63) is 48.5 Å². The van der Waals surface area contributed by atoms with Crippen LogP contribution in [0.1, 0.15) is 34.1 Å². The highest BCUT2D eigenvalue weighted by Crippen LogP contribution is 2.32. The van der Waals surface area contributed by atoms with Crippen LogP contribution in [0, 0.1) is 0 Å². The van der Waals surface area contributed by atoms with Gasteiger partial charge in [-0.2, -0.15) is 0 Å². The third kappa shape index (κ3) is 3.76. The second kappa shape index (κ2) is 7.02. The molecule has 1 heterocycles. The Bertz CT molecular complexity index is 703. The van der Waals surface area contributed by atoms with Crippen molar-refractivity contribution in [3.8, 4) is 0 Å². The van der Waals surface area contributed by atoms with Crippen molar-refractivity contribution in [2.24, 2.45) is 0 Å². The van der Waals surface area contributed by atoms with E-state index in [1.165, 1.54) is 33.1 Å². The van der Waals surface area contributed by atoms with Gasteiger partial charge in [-0.05, 0) is 39.3 Å². The quantitative estimate of drug-likeness (QED) is 0.493. The van der Waals surface area contributed by atoms with Crippen molar-refractivity contribution in [3.63, 3.8) is 0 Å². The number of hydrogen-bond donors (Lipinski definition) is 0. The van der Waals surface area contributed by atoms with Crippen molar-refractivity contribution in [1.82, 2.24) is 0 Å². The number of quaternary nitrogens is 1. The van der Waals surface area contributed by atoms with Gasteiger partial charge in [-0.25, -0.2) is 0 Å². The zero-order chi connectivity index (χ0) is 17.1. The van der Waals surface area contributed by atoms with Crippen LogP contribution < -0.4 is 0 Å². The maximum absolute atomic E-state index is 2.33. The molecule has 23 heavy (non-hydrogen) atoms. The maximum atomic E-state index is 2.33. The summed E-state index contributed by atoms with van der Waals surface area (Å²) in [6.45, 7) is 10.4. The van der Waals surface area contributed by atoms with E-state index in [0.29, 0.717) is 5.54 Å². The molecule has 0 radical (unpaired) electrons. The standard InChI is InChI=1S/C12H8S.C9H22N/c1-3-7-11-9(5-1)10-6-2-4-8-12(10)13-11;1-7-9(3,4)10(5,6)8-2/h1-8H;7-8H2,1-6H3/q;+1. The fraction of sp³-hybridized carbons (Fsp3) is 0.429. The van der Waals surface area contributed by atoms with E-state index in [9.17, 15) is 0 Å². The van der Waals surface area contributed by atoms with Crippen molar-refractivity contribution in [1.29, 1.82) is 0 Å². The minimum absolute atomic E-state index is 0.425. The monoisotopic (exact) mass is 328 g/mol. The van der Waals surface area contributed by atoms with E-state index in [1.54, 1.807) is 0 Å². The lowest BCUT2D eigenvalue weighted by molar-refractivity contribution is -0.936. The highest BCUT2D eigenvalue weighted by Gasteiger charge is 2.32. The molecule has 0 unspecified atom stereocenters. The molecule has 0 amide bonds. The molecule has 2 aromatic carbocycles. The van der Waals surface area contributed by atoms with Gasteiger partial charge in [0, 0.05) is 20.2 Å². The second-order valence-electron chi connectivity index (χ2n) is 7.26. The van der Waals surface area contributed by atoms with Gasteiger partial charge in [-0.3, -0.25) is 0 Å². The topological polar surface area (TPSA) is 0 Å². The summed E-state index contributed by atoms with van der Waals surface area (Å²) in [4.78, 5) is 0. The smallest absolute Gasteiger partial charge is 0.0928 e. The minimum Gasteiger partial charge on any atom is -0.324 e. The largest absolute Gasteiger partial charge is 0.324 e. The fourth-order valence-electron chi connectivity index (χ4n) is 2.53. The number of fused-ring (bicyclic) bond motifs is 3. The highest BCUT2D eigenvalue weighted by atomic mass is 32.1. The Morgan fingerprint density at radius 3 is 1.61 bits per heavy atom. The Labute approximate surface area is 145 Å². The van der Waals surface area contributed by atoms with Crippen molar-refractivity contribution >= 4 is 31.5 Å². The third-order valence-electron chi connectivity index (χ3n) is 5.58. The summed E-state index contributed by atoms with van der Waals surface area (Å²) >= 11 is 1.86. The summed E-state index contributed by atoms with van der Waals surface area (Å²) in [6, 6.07) is 17.1. The molecule has 0 atom stereocenters. The number of thiophene rings is 1. The number of nitrogens with zero attached hydrogens (tertiary/aromatic N) is 1. The normalized spacial score (nSPS) is 12.3. The maximum Gasteiger partial charge on any atom is 0.0928 e. The zero-order valence-corrected chi connectivity index (χ0v) is 16.2. The van der Waals surface area contributed by atoms with Crippen LogP contribution in [0.15, 0.2) is 48.5 Å². The lowest BCUT2D eigenvalue weighted by Crippen LogP contribution is -2.55. The van der Waals surface area contributed by atoms with Gasteiger partial charge in [0.2, 0.25) is 0 Å². The van der Waals surface area contributed by atoms with Gasteiger partial charge < -0.3 is 4.48 Å². The van der Waals surface area contributed by atoms with Crippen LogP contribution in [-0.4, -0.2) is 30.7 Å². The molecule has 2 heteroatoms. The Balaban J connectivity index is 0.000000175. The van der Waals surface area contributed by atoms with Gasteiger partial charge >= 0.3 is 0 Å². The predicted molar refractivity (Wildman–Crippen MR) is 106 cm³/mol. The molecular weight excluding hydrogens is 298 g/mol. The van der Waals surface area contributed by atoms with Gasteiger partial charge in [0.15, 0.2) is 0 Å². The molecular formula is C21H30NS+. The lowest BCUT2D eigenvalue weighted by Gasteiger charge is -2.43. The van der Waals surface area contributed by atoms with Crippen LogP contribution in [0.4, 0.5) is 0 Å². The Kier molecular flexibility index (Phi) is 5.49. The van der Waals surface area contributed by atoms with Crippen LogP contribution in [0.25, 0.3) is 20.2 Å². The molecule has 1 nitrogen and oxygen atoms in total.